The molecule has 1 saturated heterocycles. The van der Waals surface area contributed by atoms with E-state index in [2.05, 4.69) is 4.98 Å². The van der Waals surface area contributed by atoms with Crippen molar-refractivity contribution in [3.8, 4) is 0 Å². The molecule has 6 heteroatoms. The Morgan fingerprint density at radius 2 is 2.24 bits per heavy atom. The molecule has 0 atom stereocenters. The van der Waals surface area contributed by atoms with Crippen LogP contribution in [0.1, 0.15) is 25.8 Å². The largest absolute Gasteiger partial charge is 0.444 e. The molecule has 1 fully saturated rings. The van der Waals surface area contributed by atoms with Gasteiger partial charge in [-0.15, -0.1) is 11.3 Å². The molecule has 1 aliphatic rings. The minimum absolute atomic E-state index is 0.310. The second-order valence-electron chi connectivity index (χ2n) is 5.33. The van der Waals surface area contributed by atoms with Gasteiger partial charge in [-0.2, -0.15) is 0 Å². The average molecular weight is 255 g/mol. The number of hydrogen-bond donors (Lipinski definition) is 1. The number of carbonyl (C=O) groups excluding carboxylic acids is 1. The van der Waals surface area contributed by atoms with E-state index >= 15 is 0 Å². The van der Waals surface area contributed by atoms with Crippen LogP contribution in [-0.4, -0.2) is 34.7 Å². The van der Waals surface area contributed by atoms with E-state index in [0.29, 0.717) is 13.1 Å². The number of thiazole rings is 1. The third-order valence-corrected chi connectivity index (χ3v) is 3.45. The summed E-state index contributed by atoms with van der Waals surface area (Å²) in [5.41, 5.74) is 5.20. The first kappa shape index (κ1) is 12.3. The number of nitrogens with zero attached hydrogens (tertiary/aromatic N) is 2. The molecular formula is C11H17N3O2S. The summed E-state index contributed by atoms with van der Waals surface area (Å²) in [4.78, 5) is 17.5. The van der Waals surface area contributed by atoms with E-state index in [4.69, 9.17) is 10.5 Å². The van der Waals surface area contributed by atoms with Crippen molar-refractivity contribution >= 4 is 17.4 Å². The summed E-state index contributed by atoms with van der Waals surface area (Å²) in [5.74, 6) is 0. The molecule has 0 spiro atoms. The first-order valence-electron chi connectivity index (χ1n) is 5.47. The molecule has 5 nitrogen and oxygen atoms in total. The first-order chi connectivity index (χ1) is 7.80. The lowest BCUT2D eigenvalue weighted by atomic mass is 9.92. The SMILES string of the molecule is CC(C)(C)OC(=O)N1CC(N)(c2nccs2)C1. The van der Waals surface area contributed by atoms with Crippen molar-refractivity contribution in [2.75, 3.05) is 13.1 Å². The number of carbonyl (C=O) groups is 1. The Kier molecular flexibility index (Phi) is 2.87. The summed E-state index contributed by atoms with van der Waals surface area (Å²) in [5, 5.41) is 2.76. The van der Waals surface area contributed by atoms with E-state index in [0.717, 1.165) is 5.01 Å². The molecule has 0 radical (unpaired) electrons. The van der Waals surface area contributed by atoms with Gasteiger partial charge >= 0.3 is 6.09 Å². The number of hydrogen-bond acceptors (Lipinski definition) is 5. The van der Waals surface area contributed by atoms with Gasteiger partial charge in [0.05, 0.1) is 13.1 Å². The van der Waals surface area contributed by atoms with Crippen LogP contribution in [0.2, 0.25) is 0 Å². The predicted octanol–water partition coefficient (Wildman–Crippen LogP) is 1.55. The lowest BCUT2D eigenvalue weighted by Crippen LogP contribution is -2.66. The second kappa shape index (κ2) is 3.96. The fourth-order valence-corrected chi connectivity index (χ4v) is 2.43. The van der Waals surface area contributed by atoms with E-state index in [1.165, 1.54) is 11.3 Å². The maximum atomic E-state index is 11.7. The molecule has 0 aliphatic carbocycles. The van der Waals surface area contributed by atoms with Crippen LogP contribution in [0.4, 0.5) is 4.79 Å². The Morgan fingerprint density at radius 1 is 1.59 bits per heavy atom. The van der Waals surface area contributed by atoms with Crippen LogP contribution in [0.25, 0.3) is 0 Å². The van der Waals surface area contributed by atoms with Crippen LogP contribution in [-0.2, 0) is 10.3 Å². The number of aromatic nitrogens is 1. The van der Waals surface area contributed by atoms with E-state index in [1.807, 2.05) is 26.2 Å². The summed E-state index contributed by atoms with van der Waals surface area (Å²) >= 11 is 1.52. The topological polar surface area (TPSA) is 68.5 Å². The molecule has 2 N–H and O–H groups in total. The molecule has 1 aromatic rings. The smallest absolute Gasteiger partial charge is 0.410 e. The molecule has 0 unspecified atom stereocenters. The Morgan fingerprint density at radius 3 is 2.71 bits per heavy atom. The number of likely N-dealkylation sites (tertiary alicyclic amines) is 1. The van der Waals surface area contributed by atoms with Crippen LogP contribution in [0.5, 0.6) is 0 Å². The zero-order valence-corrected chi connectivity index (χ0v) is 11.1. The van der Waals surface area contributed by atoms with Crippen molar-refractivity contribution in [1.82, 2.24) is 9.88 Å². The molecule has 0 saturated carbocycles. The van der Waals surface area contributed by atoms with Crippen LogP contribution < -0.4 is 5.73 Å². The van der Waals surface area contributed by atoms with Gasteiger partial charge in [0.15, 0.2) is 0 Å². The highest BCUT2D eigenvalue weighted by molar-refractivity contribution is 7.09. The summed E-state index contributed by atoms with van der Waals surface area (Å²) in [6.45, 7) is 6.48. The van der Waals surface area contributed by atoms with Gasteiger partial charge < -0.3 is 15.4 Å². The van der Waals surface area contributed by atoms with Crippen molar-refractivity contribution in [3.05, 3.63) is 16.6 Å². The van der Waals surface area contributed by atoms with Crippen molar-refractivity contribution in [2.45, 2.75) is 31.9 Å². The maximum Gasteiger partial charge on any atom is 0.410 e. The minimum atomic E-state index is -0.495. The quantitative estimate of drug-likeness (QED) is 0.826. The van der Waals surface area contributed by atoms with Gasteiger partial charge in [0.1, 0.15) is 16.1 Å². The normalized spacial score (nSPS) is 18.7. The van der Waals surface area contributed by atoms with Crippen LogP contribution in [0, 0.1) is 0 Å². The Hall–Kier alpha value is -1.14. The molecular weight excluding hydrogens is 238 g/mol. The maximum absolute atomic E-state index is 11.7. The fraction of sp³-hybridized carbons (Fsp3) is 0.636. The molecule has 0 bridgehead atoms. The number of rotatable bonds is 1. The molecule has 94 valence electrons. The molecule has 0 aromatic carbocycles. The van der Waals surface area contributed by atoms with Crippen LogP contribution >= 0.6 is 11.3 Å². The van der Waals surface area contributed by atoms with Gasteiger partial charge in [0.25, 0.3) is 0 Å². The lowest BCUT2D eigenvalue weighted by Gasteiger charge is -2.46. The molecule has 17 heavy (non-hydrogen) atoms. The highest BCUT2D eigenvalue weighted by Gasteiger charge is 2.46. The molecule has 2 heterocycles. The minimum Gasteiger partial charge on any atom is -0.444 e. The van der Waals surface area contributed by atoms with Gasteiger partial charge in [0, 0.05) is 11.6 Å². The average Bonchev–Trinajstić information content (AvgIpc) is 2.62. The van der Waals surface area contributed by atoms with E-state index in [-0.39, 0.29) is 6.09 Å². The molecule has 1 aromatic heterocycles. The van der Waals surface area contributed by atoms with E-state index < -0.39 is 11.1 Å². The molecule has 2 rings (SSSR count). The number of nitrogens with two attached hydrogens (primary N) is 1. The van der Waals surface area contributed by atoms with Gasteiger partial charge in [-0.1, -0.05) is 0 Å². The first-order valence-corrected chi connectivity index (χ1v) is 6.35. The van der Waals surface area contributed by atoms with Crippen LogP contribution in [0.3, 0.4) is 0 Å². The summed E-state index contributed by atoms with van der Waals surface area (Å²) in [6, 6.07) is 0. The third-order valence-electron chi connectivity index (χ3n) is 2.46. The molecule has 1 amide bonds. The summed E-state index contributed by atoms with van der Waals surface area (Å²) in [7, 11) is 0. The van der Waals surface area contributed by atoms with Gasteiger partial charge in [0.2, 0.25) is 0 Å². The Balaban J connectivity index is 1.93. The van der Waals surface area contributed by atoms with Gasteiger partial charge in [-0.05, 0) is 20.8 Å². The predicted molar refractivity (Wildman–Crippen MR) is 65.8 cm³/mol. The highest BCUT2D eigenvalue weighted by Crippen LogP contribution is 2.31. The van der Waals surface area contributed by atoms with Crippen molar-refractivity contribution in [3.63, 3.8) is 0 Å². The monoisotopic (exact) mass is 255 g/mol. The van der Waals surface area contributed by atoms with Crippen molar-refractivity contribution in [2.24, 2.45) is 5.73 Å². The Labute approximate surface area is 105 Å². The highest BCUT2D eigenvalue weighted by atomic mass is 32.1. The summed E-state index contributed by atoms with van der Waals surface area (Å²) < 4.78 is 5.27. The standard InChI is InChI=1S/C11H17N3O2S/c1-10(2,3)16-9(15)14-6-11(12,7-14)8-13-4-5-17-8/h4-5H,6-7,12H2,1-3H3. The van der Waals surface area contributed by atoms with Gasteiger partial charge in [-0.25, -0.2) is 9.78 Å². The number of ether oxygens (including phenoxy) is 1. The Bertz CT molecular complexity index is 405. The van der Waals surface area contributed by atoms with Crippen molar-refractivity contribution < 1.29 is 9.53 Å². The second-order valence-corrected chi connectivity index (χ2v) is 6.22. The number of amides is 1. The fourth-order valence-electron chi connectivity index (χ4n) is 1.70. The molecule has 1 aliphatic heterocycles. The van der Waals surface area contributed by atoms with E-state index in [1.54, 1.807) is 11.1 Å². The van der Waals surface area contributed by atoms with Gasteiger partial charge in [-0.3, -0.25) is 0 Å². The van der Waals surface area contributed by atoms with E-state index in [9.17, 15) is 4.79 Å². The summed E-state index contributed by atoms with van der Waals surface area (Å²) in [6.07, 6.45) is 1.42. The lowest BCUT2D eigenvalue weighted by molar-refractivity contribution is -0.00891. The zero-order chi connectivity index (χ0) is 12.7. The zero-order valence-electron chi connectivity index (χ0n) is 10.3. The third kappa shape index (κ3) is 2.58. The van der Waals surface area contributed by atoms with Crippen molar-refractivity contribution in [1.29, 1.82) is 0 Å². The van der Waals surface area contributed by atoms with Crippen LogP contribution in [0.15, 0.2) is 11.6 Å².